The molecule has 1 amide bonds. The lowest BCUT2D eigenvalue weighted by molar-refractivity contribution is -0.138. The molecule has 4 nitrogen and oxygen atoms in total. The predicted molar refractivity (Wildman–Crippen MR) is 87.2 cm³/mol. The van der Waals surface area contributed by atoms with Gasteiger partial charge in [0.1, 0.15) is 0 Å². The minimum Gasteiger partial charge on any atom is -0.342 e. The molecule has 2 saturated heterocycles. The van der Waals surface area contributed by atoms with Crippen molar-refractivity contribution in [1.82, 2.24) is 15.1 Å². The van der Waals surface area contributed by atoms with Gasteiger partial charge in [0.05, 0.1) is 0 Å². The number of carbonyl (C=O) groups excluding carboxylic acids is 1. The van der Waals surface area contributed by atoms with E-state index >= 15 is 0 Å². The Morgan fingerprint density at radius 2 is 2.00 bits per heavy atom. The molecule has 0 saturated carbocycles. The molecule has 1 unspecified atom stereocenters. The fourth-order valence-electron chi connectivity index (χ4n) is 3.45. The van der Waals surface area contributed by atoms with Crippen molar-refractivity contribution in [3.63, 3.8) is 0 Å². The van der Waals surface area contributed by atoms with Crippen LogP contribution in [0.3, 0.4) is 0 Å². The van der Waals surface area contributed by atoms with Crippen molar-refractivity contribution in [1.29, 1.82) is 0 Å². The third kappa shape index (κ3) is 4.68. The molecule has 122 valence electrons. The normalized spacial score (nSPS) is 22.4. The highest BCUT2D eigenvalue weighted by Crippen LogP contribution is 2.23. The molecule has 0 aromatic heterocycles. The van der Waals surface area contributed by atoms with E-state index in [2.05, 4.69) is 36.0 Å². The summed E-state index contributed by atoms with van der Waals surface area (Å²) < 4.78 is 0. The largest absolute Gasteiger partial charge is 0.342 e. The van der Waals surface area contributed by atoms with Gasteiger partial charge in [0.2, 0.25) is 5.91 Å². The molecular formula is C17H33N3O. The Balaban J connectivity index is 1.68. The van der Waals surface area contributed by atoms with Gasteiger partial charge < -0.3 is 15.1 Å². The van der Waals surface area contributed by atoms with E-state index in [1.54, 1.807) is 0 Å². The Morgan fingerprint density at radius 3 is 2.52 bits per heavy atom. The third-order valence-corrected chi connectivity index (χ3v) is 5.30. The first-order chi connectivity index (χ1) is 10.1. The quantitative estimate of drug-likeness (QED) is 0.778. The summed E-state index contributed by atoms with van der Waals surface area (Å²) in [4.78, 5) is 17.1. The van der Waals surface area contributed by atoms with Crippen LogP contribution in [0.5, 0.6) is 0 Å². The summed E-state index contributed by atoms with van der Waals surface area (Å²) in [6, 6.07) is 0. The first-order valence-corrected chi connectivity index (χ1v) is 8.79. The first-order valence-electron chi connectivity index (χ1n) is 8.79. The molecule has 0 aliphatic carbocycles. The molecule has 2 heterocycles. The monoisotopic (exact) mass is 295 g/mol. The molecule has 2 fully saturated rings. The SMILES string of the molecule is CCCCN(C)CC1CCN(C(=O)C(C)C2CNC2)CC1. The fourth-order valence-corrected chi connectivity index (χ4v) is 3.45. The van der Waals surface area contributed by atoms with Crippen molar-refractivity contribution >= 4 is 5.91 Å². The van der Waals surface area contributed by atoms with Crippen LogP contribution in [-0.4, -0.2) is 62.0 Å². The predicted octanol–water partition coefficient (Wildman–Crippen LogP) is 1.81. The molecule has 0 radical (unpaired) electrons. The second-order valence-corrected chi connectivity index (χ2v) is 7.09. The maximum atomic E-state index is 12.5. The lowest BCUT2D eigenvalue weighted by Gasteiger charge is -2.38. The van der Waals surface area contributed by atoms with Crippen molar-refractivity contribution in [3.8, 4) is 0 Å². The molecule has 0 spiro atoms. The van der Waals surface area contributed by atoms with Crippen LogP contribution in [0, 0.1) is 17.8 Å². The fraction of sp³-hybridized carbons (Fsp3) is 0.941. The van der Waals surface area contributed by atoms with E-state index in [-0.39, 0.29) is 5.92 Å². The lowest BCUT2D eigenvalue weighted by atomic mass is 9.87. The number of carbonyl (C=O) groups is 1. The summed E-state index contributed by atoms with van der Waals surface area (Å²) >= 11 is 0. The van der Waals surface area contributed by atoms with Gasteiger partial charge in [0, 0.05) is 25.6 Å². The van der Waals surface area contributed by atoms with Gasteiger partial charge >= 0.3 is 0 Å². The van der Waals surface area contributed by atoms with Gasteiger partial charge in [-0.3, -0.25) is 4.79 Å². The smallest absolute Gasteiger partial charge is 0.225 e. The average molecular weight is 295 g/mol. The van der Waals surface area contributed by atoms with Crippen LogP contribution < -0.4 is 5.32 Å². The highest BCUT2D eigenvalue weighted by Gasteiger charge is 2.33. The molecule has 2 rings (SSSR count). The summed E-state index contributed by atoms with van der Waals surface area (Å²) in [5, 5.41) is 3.27. The second-order valence-electron chi connectivity index (χ2n) is 7.09. The molecule has 21 heavy (non-hydrogen) atoms. The maximum Gasteiger partial charge on any atom is 0.225 e. The van der Waals surface area contributed by atoms with Crippen LogP contribution in [0.4, 0.5) is 0 Å². The number of amides is 1. The minimum atomic E-state index is 0.204. The molecule has 1 N–H and O–H groups in total. The molecule has 2 aliphatic heterocycles. The zero-order chi connectivity index (χ0) is 15.2. The van der Waals surface area contributed by atoms with Gasteiger partial charge in [-0.2, -0.15) is 0 Å². The van der Waals surface area contributed by atoms with Crippen molar-refractivity contribution in [2.45, 2.75) is 39.5 Å². The van der Waals surface area contributed by atoms with Crippen LogP contribution >= 0.6 is 0 Å². The standard InChI is InChI=1S/C17H33N3O/c1-4-5-8-19(3)13-15-6-9-20(10-7-15)17(21)14(2)16-11-18-12-16/h14-16,18H,4-13H2,1-3H3. The van der Waals surface area contributed by atoms with Crippen molar-refractivity contribution in [3.05, 3.63) is 0 Å². The van der Waals surface area contributed by atoms with Crippen LogP contribution in [0.15, 0.2) is 0 Å². The van der Waals surface area contributed by atoms with Crippen LogP contribution in [-0.2, 0) is 4.79 Å². The van der Waals surface area contributed by atoms with Crippen LogP contribution in [0.2, 0.25) is 0 Å². The van der Waals surface area contributed by atoms with E-state index in [1.165, 1.54) is 38.8 Å². The number of likely N-dealkylation sites (tertiary alicyclic amines) is 1. The summed E-state index contributed by atoms with van der Waals surface area (Å²) in [6.45, 7) is 10.7. The molecule has 0 bridgehead atoms. The maximum absolute atomic E-state index is 12.5. The molecule has 0 aromatic rings. The highest BCUT2D eigenvalue weighted by molar-refractivity contribution is 5.79. The van der Waals surface area contributed by atoms with E-state index in [9.17, 15) is 4.79 Å². The molecule has 2 aliphatic rings. The van der Waals surface area contributed by atoms with Gasteiger partial charge in [-0.1, -0.05) is 20.3 Å². The van der Waals surface area contributed by atoms with E-state index in [4.69, 9.17) is 0 Å². The van der Waals surface area contributed by atoms with Crippen LogP contribution in [0.1, 0.15) is 39.5 Å². The Hall–Kier alpha value is -0.610. The number of piperidine rings is 1. The van der Waals surface area contributed by atoms with E-state index in [0.29, 0.717) is 11.8 Å². The Morgan fingerprint density at radius 1 is 1.33 bits per heavy atom. The number of unbranched alkanes of at least 4 members (excludes halogenated alkanes) is 1. The molecule has 4 heteroatoms. The number of rotatable bonds is 7. The van der Waals surface area contributed by atoms with Gasteiger partial charge in [-0.15, -0.1) is 0 Å². The van der Waals surface area contributed by atoms with Gasteiger partial charge in [0.25, 0.3) is 0 Å². The first kappa shape index (κ1) is 16.8. The lowest BCUT2D eigenvalue weighted by Crippen LogP contribution is -2.51. The number of nitrogens with one attached hydrogen (secondary N) is 1. The number of hydrogen-bond acceptors (Lipinski definition) is 3. The van der Waals surface area contributed by atoms with Crippen molar-refractivity contribution in [2.75, 3.05) is 46.3 Å². The summed E-state index contributed by atoms with van der Waals surface area (Å²) in [5.41, 5.74) is 0. The van der Waals surface area contributed by atoms with Gasteiger partial charge in [-0.05, 0) is 57.8 Å². The second kappa shape index (κ2) is 8.14. The topological polar surface area (TPSA) is 35.6 Å². The van der Waals surface area contributed by atoms with Crippen LogP contribution in [0.25, 0.3) is 0 Å². The average Bonchev–Trinajstić information content (AvgIpc) is 2.43. The minimum absolute atomic E-state index is 0.204. The van der Waals surface area contributed by atoms with Gasteiger partial charge in [0.15, 0.2) is 0 Å². The van der Waals surface area contributed by atoms with E-state index < -0.39 is 0 Å². The Bertz CT molecular complexity index is 322. The molecule has 1 atom stereocenters. The Kier molecular flexibility index (Phi) is 6.49. The van der Waals surface area contributed by atoms with E-state index in [0.717, 1.165) is 32.1 Å². The summed E-state index contributed by atoms with van der Waals surface area (Å²) in [5.74, 6) is 1.93. The van der Waals surface area contributed by atoms with E-state index in [1.807, 2.05) is 0 Å². The number of hydrogen-bond donors (Lipinski definition) is 1. The zero-order valence-electron chi connectivity index (χ0n) is 14.1. The summed E-state index contributed by atoms with van der Waals surface area (Å²) in [6.07, 6.45) is 4.92. The summed E-state index contributed by atoms with van der Waals surface area (Å²) in [7, 11) is 2.23. The van der Waals surface area contributed by atoms with Gasteiger partial charge in [-0.25, -0.2) is 0 Å². The molecule has 0 aromatic carbocycles. The zero-order valence-corrected chi connectivity index (χ0v) is 14.1. The number of nitrogens with zero attached hydrogens (tertiary/aromatic N) is 2. The third-order valence-electron chi connectivity index (χ3n) is 5.30. The van der Waals surface area contributed by atoms with Crippen molar-refractivity contribution in [2.24, 2.45) is 17.8 Å². The highest BCUT2D eigenvalue weighted by atomic mass is 16.2. The Labute approximate surface area is 130 Å². The molecular weight excluding hydrogens is 262 g/mol. The van der Waals surface area contributed by atoms with Crippen molar-refractivity contribution < 1.29 is 4.79 Å².